The summed E-state index contributed by atoms with van der Waals surface area (Å²) in [5.41, 5.74) is 4.16. The second-order valence-corrected chi connectivity index (χ2v) is 9.03. The fraction of sp³-hybridized carbons (Fsp3) is 0.214. The number of aromatic nitrogens is 5. The Balaban J connectivity index is 1.50. The molecule has 0 spiro atoms. The van der Waals surface area contributed by atoms with Crippen LogP contribution in [-0.2, 0) is 13.0 Å². The van der Waals surface area contributed by atoms with Crippen molar-refractivity contribution in [3.8, 4) is 5.75 Å². The molecule has 0 saturated carbocycles. The van der Waals surface area contributed by atoms with Gasteiger partial charge >= 0.3 is 0 Å². The Labute approximate surface area is 212 Å². The van der Waals surface area contributed by atoms with Crippen molar-refractivity contribution in [1.82, 2.24) is 25.2 Å². The number of fused-ring (bicyclic) bond motifs is 2. The summed E-state index contributed by atoms with van der Waals surface area (Å²) in [5.74, 6) is 0.963. The third-order valence-electron chi connectivity index (χ3n) is 6.73. The molecule has 6 rings (SSSR count). The maximum atomic E-state index is 13.5. The van der Waals surface area contributed by atoms with E-state index in [1.165, 1.54) is 17.7 Å². The predicted molar refractivity (Wildman–Crippen MR) is 138 cm³/mol. The van der Waals surface area contributed by atoms with Gasteiger partial charge < -0.3 is 14.6 Å². The number of para-hydroxylation sites is 1. The van der Waals surface area contributed by atoms with Gasteiger partial charge in [0, 0.05) is 28.7 Å². The van der Waals surface area contributed by atoms with Crippen LogP contribution in [0.4, 0.5) is 10.1 Å². The Morgan fingerprint density at radius 3 is 2.76 bits per heavy atom. The minimum Gasteiger partial charge on any atom is -0.494 e. The summed E-state index contributed by atoms with van der Waals surface area (Å²) < 4.78 is 20.9. The topological polar surface area (TPSA) is 88.9 Å². The van der Waals surface area contributed by atoms with Gasteiger partial charge in [-0.1, -0.05) is 30.3 Å². The van der Waals surface area contributed by atoms with Gasteiger partial charge in [-0.05, 0) is 77.4 Å². The van der Waals surface area contributed by atoms with Gasteiger partial charge in [-0.15, -0.1) is 5.10 Å². The van der Waals surface area contributed by atoms with Crippen LogP contribution in [0.5, 0.6) is 5.75 Å². The lowest BCUT2D eigenvalue weighted by atomic mass is 10.0. The van der Waals surface area contributed by atoms with E-state index in [1.807, 2.05) is 43.3 Å². The van der Waals surface area contributed by atoms with Crippen molar-refractivity contribution in [2.24, 2.45) is 0 Å². The molecule has 1 atom stereocenters. The van der Waals surface area contributed by atoms with Crippen molar-refractivity contribution in [2.75, 3.05) is 18.1 Å². The summed E-state index contributed by atoms with van der Waals surface area (Å²) in [4.78, 5) is 18.7. The van der Waals surface area contributed by atoms with Gasteiger partial charge in [-0.3, -0.25) is 4.79 Å². The fourth-order valence-electron chi connectivity index (χ4n) is 5.02. The molecule has 1 aliphatic heterocycles. The summed E-state index contributed by atoms with van der Waals surface area (Å²) >= 11 is 0. The number of rotatable bonds is 7. The first-order chi connectivity index (χ1) is 18.1. The van der Waals surface area contributed by atoms with Gasteiger partial charge in [-0.25, -0.2) is 9.07 Å². The largest absolute Gasteiger partial charge is 0.494 e. The number of nitrogens with zero attached hydrogens (tertiary/aromatic N) is 5. The number of nitrogens with one attached hydrogen (secondary N) is 1. The molecule has 0 fully saturated rings. The molecule has 0 aliphatic carbocycles. The SMILES string of the molecule is CCOc1ccc2[nH]c(=O)c(C(c3nnnn3Cc3ccc(F)cc3)N3CCc4ccccc43)cc2c1. The minimum atomic E-state index is -0.539. The van der Waals surface area contributed by atoms with Gasteiger partial charge in [0.2, 0.25) is 0 Å². The van der Waals surface area contributed by atoms with Crippen LogP contribution in [0.1, 0.15) is 35.5 Å². The lowest BCUT2D eigenvalue weighted by Gasteiger charge is -2.29. The smallest absolute Gasteiger partial charge is 0.254 e. The number of tetrazole rings is 1. The van der Waals surface area contributed by atoms with Crippen molar-refractivity contribution >= 4 is 16.6 Å². The second-order valence-electron chi connectivity index (χ2n) is 9.03. The highest BCUT2D eigenvalue weighted by Gasteiger charge is 2.34. The zero-order valence-electron chi connectivity index (χ0n) is 20.3. The van der Waals surface area contributed by atoms with Crippen LogP contribution in [0.15, 0.2) is 77.6 Å². The molecule has 1 aliphatic rings. The van der Waals surface area contributed by atoms with Gasteiger partial charge in [0.25, 0.3) is 5.56 Å². The summed E-state index contributed by atoms with van der Waals surface area (Å²) in [6.45, 7) is 3.54. The lowest BCUT2D eigenvalue weighted by Crippen LogP contribution is -2.34. The Kier molecular flexibility index (Phi) is 5.88. The van der Waals surface area contributed by atoms with Crippen LogP contribution in [0.2, 0.25) is 0 Å². The number of halogens is 1. The molecule has 5 aromatic rings. The van der Waals surface area contributed by atoms with Crippen molar-refractivity contribution in [1.29, 1.82) is 0 Å². The molecule has 1 unspecified atom stereocenters. The van der Waals surface area contributed by atoms with Crippen LogP contribution >= 0.6 is 0 Å². The number of ether oxygens (including phenoxy) is 1. The number of hydrogen-bond acceptors (Lipinski definition) is 6. The summed E-state index contributed by atoms with van der Waals surface area (Å²) in [5, 5.41) is 13.5. The Morgan fingerprint density at radius 2 is 1.92 bits per heavy atom. The second kappa shape index (κ2) is 9.50. The predicted octanol–water partition coefficient (Wildman–Crippen LogP) is 4.25. The standard InChI is InChI=1S/C28H25FN6O2/c1-2-37-22-11-12-24-20(15-22)16-23(28(36)30-24)26(34-14-13-19-5-3-4-6-25(19)34)27-31-32-33-35(27)17-18-7-9-21(29)10-8-18/h3-12,15-16,26H,2,13-14,17H2,1H3,(H,30,36). The number of pyridine rings is 1. The number of aromatic amines is 1. The van der Waals surface area contributed by atoms with Crippen molar-refractivity contribution in [2.45, 2.75) is 25.9 Å². The number of anilines is 1. The number of H-pyrrole nitrogens is 1. The molecule has 3 heterocycles. The molecule has 1 N–H and O–H groups in total. The normalized spacial score (nSPS) is 13.6. The minimum absolute atomic E-state index is 0.206. The molecule has 0 saturated heterocycles. The highest BCUT2D eigenvalue weighted by molar-refractivity contribution is 5.81. The number of benzene rings is 3. The maximum Gasteiger partial charge on any atom is 0.254 e. The van der Waals surface area contributed by atoms with E-state index in [-0.39, 0.29) is 11.4 Å². The highest BCUT2D eigenvalue weighted by Crippen LogP contribution is 2.37. The third-order valence-corrected chi connectivity index (χ3v) is 6.73. The zero-order valence-corrected chi connectivity index (χ0v) is 20.3. The van der Waals surface area contributed by atoms with Crippen LogP contribution in [0.25, 0.3) is 10.9 Å². The molecule has 9 heteroatoms. The Bertz CT molecular complexity index is 1630. The van der Waals surface area contributed by atoms with Crippen molar-refractivity contribution < 1.29 is 9.13 Å². The lowest BCUT2D eigenvalue weighted by molar-refractivity contribution is 0.340. The van der Waals surface area contributed by atoms with E-state index in [1.54, 1.807) is 16.8 Å². The van der Waals surface area contributed by atoms with E-state index in [9.17, 15) is 9.18 Å². The number of hydrogen-bond donors (Lipinski definition) is 1. The van der Waals surface area contributed by atoms with Crippen molar-refractivity contribution in [3.63, 3.8) is 0 Å². The first-order valence-electron chi connectivity index (χ1n) is 12.3. The van der Waals surface area contributed by atoms with E-state index in [4.69, 9.17) is 4.74 Å². The Morgan fingerprint density at radius 1 is 1.08 bits per heavy atom. The van der Waals surface area contributed by atoms with Crippen LogP contribution in [0, 0.1) is 5.82 Å². The van der Waals surface area contributed by atoms with Gasteiger partial charge in [0.15, 0.2) is 5.82 Å². The molecule has 0 bridgehead atoms. The van der Waals surface area contributed by atoms with E-state index in [2.05, 4.69) is 37.5 Å². The summed E-state index contributed by atoms with van der Waals surface area (Å²) in [6, 6.07) is 21.4. The molecule has 0 radical (unpaired) electrons. The average Bonchev–Trinajstić information content (AvgIpc) is 3.54. The van der Waals surface area contributed by atoms with Crippen LogP contribution in [-0.4, -0.2) is 38.3 Å². The molecule has 37 heavy (non-hydrogen) atoms. The first-order valence-corrected chi connectivity index (χ1v) is 12.3. The molecule has 8 nitrogen and oxygen atoms in total. The molecule has 186 valence electrons. The maximum absolute atomic E-state index is 13.5. The van der Waals surface area contributed by atoms with E-state index < -0.39 is 6.04 Å². The average molecular weight is 497 g/mol. The molecule has 3 aromatic carbocycles. The monoisotopic (exact) mass is 496 g/mol. The quantitative estimate of drug-likeness (QED) is 0.362. The zero-order chi connectivity index (χ0) is 25.4. The summed E-state index contributed by atoms with van der Waals surface area (Å²) in [6.07, 6.45) is 0.853. The Hall–Kier alpha value is -4.53. The molecule has 0 amide bonds. The fourth-order valence-corrected chi connectivity index (χ4v) is 5.02. The highest BCUT2D eigenvalue weighted by atomic mass is 19.1. The van der Waals surface area contributed by atoms with Gasteiger partial charge in [0.1, 0.15) is 17.6 Å². The molecular weight excluding hydrogens is 471 g/mol. The van der Waals surface area contributed by atoms with Gasteiger partial charge in [0.05, 0.1) is 13.2 Å². The molecule has 2 aromatic heterocycles. The van der Waals surface area contributed by atoms with E-state index in [0.717, 1.165) is 34.3 Å². The van der Waals surface area contributed by atoms with E-state index >= 15 is 0 Å². The van der Waals surface area contributed by atoms with Crippen LogP contribution in [0.3, 0.4) is 0 Å². The molecular formula is C28H25FN6O2. The first kappa shape index (κ1) is 22.9. The van der Waals surface area contributed by atoms with Crippen LogP contribution < -0.4 is 15.2 Å². The van der Waals surface area contributed by atoms with Crippen molar-refractivity contribution in [3.05, 3.63) is 111 Å². The summed E-state index contributed by atoms with van der Waals surface area (Å²) in [7, 11) is 0. The van der Waals surface area contributed by atoms with Gasteiger partial charge in [-0.2, -0.15) is 0 Å². The van der Waals surface area contributed by atoms with E-state index in [0.29, 0.717) is 31.1 Å². The third kappa shape index (κ3) is 4.33.